The van der Waals surface area contributed by atoms with Crippen molar-refractivity contribution >= 4 is 0 Å². The van der Waals surface area contributed by atoms with Crippen LogP contribution < -0.4 is 5.32 Å². The summed E-state index contributed by atoms with van der Waals surface area (Å²) in [5.74, 6) is 0. The lowest BCUT2D eigenvalue weighted by Crippen LogP contribution is -2.16. The third kappa shape index (κ3) is 5.31. The Balaban J connectivity index is 1.91. The summed E-state index contributed by atoms with van der Waals surface area (Å²) in [6.45, 7) is 4.32. The highest BCUT2D eigenvalue weighted by Gasteiger charge is 1.96. The number of hydrogen-bond acceptors (Lipinski definition) is 2. The minimum absolute atomic E-state index is 0.936. The minimum atomic E-state index is 0.936. The van der Waals surface area contributed by atoms with Gasteiger partial charge >= 0.3 is 0 Å². The largest absolute Gasteiger partial charge is 0.337 e. The van der Waals surface area contributed by atoms with Crippen LogP contribution in [0.5, 0.6) is 0 Å². The van der Waals surface area contributed by atoms with E-state index in [1.54, 1.807) is 0 Å². The molecule has 3 heteroatoms. The first-order chi connectivity index (χ1) is 7.84. The summed E-state index contributed by atoms with van der Waals surface area (Å²) in [5.41, 5.74) is 1.26. The normalized spacial score (nSPS) is 10.9. The molecule has 3 nitrogen and oxygen atoms in total. The van der Waals surface area contributed by atoms with Crippen LogP contribution in [0, 0.1) is 0 Å². The van der Waals surface area contributed by atoms with Crippen molar-refractivity contribution < 1.29 is 0 Å². The van der Waals surface area contributed by atoms with Crippen LogP contribution in [-0.4, -0.2) is 16.1 Å². The Morgan fingerprint density at radius 1 is 1.19 bits per heavy atom. The van der Waals surface area contributed by atoms with E-state index in [4.69, 9.17) is 0 Å². The van der Waals surface area contributed by atoms with Crippen molar-refractivity contribution in [3.8, 4) is 0 Å². The number of imidazole rings is 1. The average molecular weight is 223 g/mol. The molecule has 0 bridgehead atoms. The van der Waals surface area contributed by atoms with Crippen molar-refractivity contribution in [2.24, 2.45) is 7.05 Å². The van der Waals surface area contributed by atoms with Crippen LogP contribution >= 0.6 is 0 Å². The van der Waals surface area contributed by atoms with Crippen LogP contribution in [0.25, 0.3) is 0 Å². The molecule has 1 heterocycles. The Morgan fingerprint density at radius 2 is 1.94 bits per heavy atom. The maximum atomic E-state index is 4.09. The topological polar surface area (TPSA) is 29.9 Å². The summed E-state index contributed by atoms with van der Waals surface area (Å²) < 4.78 is 2.06. The van der Waals surface area contributed by atoms with E-state index in [9.17, 15) is 0 Å². The van der Waals surface area contributed by atoms with Crippen molar-refractivity contribution in [1.29, 1.82) is 0 Å². The van der Waals surface area contributed by atoms with Gasteiger partial charge in [0.15, 0.2) is 0 Å². The monoisotopic (exact) mass is 223 g/mol. The predicted octanol–water partition coefficient (Wildman–Crippen LogP) is 2.87. The summed E-state index contributed by atoms with van der Waals surface area (Å²) in [5, 5.41) is 3.46. The van der Waals surface area contributed by atoms with Gasteiger partial charge in [0.25, 0.3) is 0 Å². The molecule has 0 amide bonds. The highest BCUT2D eigenvalue weighted by atomic mass is 15.0. The Labute approximate surface area is 99.3 Å². The average Bonchev–Trinajstić information content (AvgIpc) is 2.68. The van der Waals surface area contributed by atoms with Crippen LogP contribution in [0.4, 0.5) is 0 Å². The first-order valence-electron chi connectivity index (χ1n) is 6.50. The van der Waals surface area contributed by atoms with Gasteiger partial charge in [0.2, 0.25) is 0 Å². The molecule has 0 aliphatic heterocycles. The molecular formula is C13H25N3. The van der Waals surface area contributed by atoms with E-state index in [1.807, 2.05) is 19.6 Å². The summed E-state index contributed by atoms with van der Waals surface area (Å²) >= 11 is 0. The van der Waals surface area contributed by atoms with Gasteiger partial charge in [-0.1, -0.05) is 39.0 Å². The smallest absolute Gasteiger partial charge is 0.0945 e. The summed E-state index contributed by atoms with van der Waals surface area (Å²) in [4.78, 5) is 4.09. The molecule has 0 saturated carbocycles. The van der Waals surface area contributed by atoms with Gasteiger partial charge in [-0.05, 0) is 13.0 Å². The standard InChI is InChI=1S/C13H25N3/c1-3-4-5-6-7-8-9-14-10-13-11-15-12-16(13)2/h11-12,14H,3-10H2,1-2H3. The van der Waals surface area contributed by atoms with E-state index in [1.165, 1.54) is 44.2 Å². The van der Waals surface area contributed by atoms with Gasteiger partial charge < -0.3 is 9.88 Å². The zero-order chi connectivity index (χ0) is 11.6. The molecule has 0 spiro atoms. The van der Waals surface area contributed by atoms with Crippen LogP contribution in [0.1, 0.15) is 51.1 Å². The van der Waals surface area contributed by atoms with Crippen LogP contribution in [0.15, 0.2) is 12.5 Å². The SMILES string of the molecule is CCCCCCCCNCc1cncn1C. The molecule has 1 N–H and O–H groups in total. The fraction of sp³-hybridized carbons (Fsp3) is 0.769. The number of aromatic nitrogens is 2. The molecule has 0 atom stereocenters. The maximum absolute atomic E-state index is 4.09. The predicted molar refractivity (Wildman–Crippen MR) is 68.3 cm³/mol. The molecular weight excluding hydrogens is 198 g/mol. The van der Waals surface area contributed by atoms with E-state index in [2.05, 4.69) is 21.8 Å². The van der Waals surface area contributed by atoms with Crippen molar-refractivity contribution in [3.05, 3.63) is 18.2 Å². The summed E-state index contributed by atoms with van der Waals surface area (Å²) in [6.07, 6.45) is 11.9. The molecule has 0 aliphatic carbocycles. The number of nitrogens with zero attached hydrogens (tertiary/aromatic N) is 2. The molecule has 0 aromatic carbocycles. The zero-order valence-corrected chi connectivity index (χ0v) is 10.7. The first kappa shape index (κ1) is 13.2. The molecule has 0 unspecified atom stereocenters. The summed E-state index contributed by atoms with van der Waals surface area (Å²) in [7, 11) is 2.04. The maximum Gasteiger partial charge on any atom is 0.0945 e. The van der Waals surface area contributed by atoms with Gasteiger partial charge in [-0.25, -0.2) is 4.98 Å². The molecule has 0 aliphatic rings. The van der Waals surface area contributed by atoms with Crippen molar-refractivity contribution in [2.45, 2.75) is 52.0 Å². The second-order valence-electron chi connectivity index (χ2n) is 4.44. The molecule has 92 valence electrons. The number of nitrogens with one attached hydrogen (secondary N) is 1. The molecule has 0 saturated heterocycles. The zero-order valence-electron chi connectivity index (χ0n) is 10.7. The Morgan fingerprint density at radius 3 is 2.62 bits per heavy atom. The first-order valence-corrected chi connectivity index (χ1v) is 6.50. The van der Waals surface area contributed by atoms with Crippen molar-refractivity contribution in [1.82, 2.24) is 14.9 Å². The van der Waals surface area contributed by atoms with Gasteiger partial charge in [-0.15, -0.1) is 0 Å². The Kier molecular flexibility index (Phi) is 6.90. The molecule has 0 fully saturated rings. The second kappa shape index (κ2) is 8.34. The molecule has 1 aromatic heterocycles. The highest BCUT2D eigenvalue weighted by molar-refractivity contribution is 4.96. The van der Waals surface area contributed by atoms with Gasteiger partial charge in [-0.2, -0.15) is 0 Å². The fourth-order valence-electron chi connectivity index (χ4n) is 1.80. The fourth-order valence-corrected chi connectivity index (χ4v) is 1.80. The lowest BCUT2D eigenvalue weighted by atomic mass is 10.1. The highest BCUT2D eigenvalue weighted by Crippen LogP contribution is 2.04. The quantitative estimate of drug-likeness (QED) is 0.652. The number of hydrogen-bond donors (Lipinski definition) is 1. The lowest BCUT2D eigenvalue weighted by molar-refractivity contribution is 0.565. The van der Waals surface area contributed by atoms with Crippen LogP contribution in [0.3, 0.4) is 0 Å². The number of aryl methyl sites for hydroxylation is 1. The lowest BCUT2D eigenvalue weighted by Gasteiger charge is -2.05. The van der Waals surface area contributed by atoms with Crippen molar-refractivity contribution in [2.75, 3.05) is 6.54 Å². The molecule has 1 rings (SSSR count). The summed E-state index contributed by atoms with van der Waals surface area (Å²) in [6, 6.07) is 0. The van der Waals surface area contributed by atoms with Gasteiger partial charge in [0, 0.05) is 19.8 Å². The number of rotatable bonds is 9. The third-order valence-corrected chi connectivity index (χ3v) is 2.93. The van der Waals surface area contributed by atoms with Gasteiger partial charge in [0.05, 0.1) is 12.0 Å². The Hall–Kier alpha value is -0.830. The van der Waals surface area contributed by atoms with E-state index in [-0.39, 0.29) is 0 Å². The number of unbranched alkanes of at least 4 members (excludes halogenated alkanes) is 5. The van der Waals surface area contributed by atoms with E-state index in [0.717, 1.165) is 13.1 Å². The van der Waals surface area contributed by atoms with Crippen LogP contribution in [0.2, 0.25) is 0 Å². The van der Waals surface area contributed by atoms with E-state index >= 15 is 0 Å². The molecule has 1 aromatic rings. The second-order valence-corrected chi connectivity index (χ2v) is 4.44. The minimum Gasteiger partial charge on any atom is -0.337 e. The molecule has 0 radical (unpaired) electrons. The third-order valence-electron chi connectivity index (χ3n) is 2.93. The Bertz CT molecular complexity index is 268. The van der Waals surface area contributed by atoms with E-state index < -0.39 is 0 Å². The van der Waals surface area contributed by atoms with Gasteiger partial charge in [0.1, 0.15) is 0 Å². The van der Waals surface area contributed by atoms with Gasteiger partial charge in [-0.3, -0.25) is 0 Å². The van der Waals surface area contributed by atoms with E-state index in [0.29, 0.717) is 0 Å². The van der Waals surface area contributed by atoms with Crippen LogP contribution in [-0.2, 0) is 13.6 Å². The molecule has 16 heavy (non-hydrogen) atoms. The van der Waals surface area contributed by atoms with Crippen molar-refractivity contribution in [3.63, 3.8) is 0 Å².